The van der Waals surface area contributed by atoms with E-state index in [1.54, 1.807) is 0 Å². The smallest absolute Gasteiger partial charge is 0.419 e. The van der Waals surface area contributed by atoms with Crippen molar-refractivity contribution >= 4 is 0 Å². The van der Waals surface area contributed by atoms with E-state index in [9.17, 15) is 13.2 Å². The maximum atomic E-state index is 12.5. The monoisotopic (exact) mass is 339 g/mol. The zero-order valence-corrected chi connectivity index (χ0v) is 13.6. The molecule has 0 unspecified atom stereocenters. The lowest BCUT2D eigenvalue weighted by molar-refractivity contribution is -0.138. The van der Waals surface area contributed by atoms with Crippen LogP contribution in [0.15, 0.2) is 42.7 Å². The van der Waals surface area contributed by atoms with Crippen LogP contribution >= 0.6 is 0 Å². The highest BCUT2D eigenvalue weighted by Gasteiger charge is 2.31. The van der Waals surface area contributed by atoms with Crippen molar-refractivity contribution in [1.82, 2.24) is 14.9 Å². The SMILES string of the molecule is CCN(Cc1ccccc1)[C@@H](C)COc1ncc(C(F)(F)F)cn1. The Labute approximate surface area is 139 Å². The van der Waals surface area contributed by atoms with Gasteiger partial charge < -0.3 is 4.74 Å². The number of halogens is 3. The van der Waals surface area contributed by atoms with E-state index in [4.69, 9.17) is 4.74 Å². The van der Waals surface area contributed by atoms with Crippen LogP contribution in [-0.2, 0) is 12.7 Å². The van der Waals surface area contributed by atoms with Gasteiger partial charge in [0.2, 0.25) is 0 Å². The fourth-order valence-corrected chi connectivity index (χ4v) is 2.23. The number of hydrogen-bond acceptors (Lipinski definition) is 4. The molecule has 0 bridgehead atoms. The maximum absolute atomic E-state index is 12.5. The third-order valence-corrected chi connectivity index (χ3v) is 3.67. The molecule has 1 aromatic carbocycles. The van der Waals surface area contributed by atoms with E-state index in [1.165, 1.54) is 5.56 Å². The fourth-order valence-electron chi connectivity index (χ4n) is 2.23. The summed E-state index contributed by atoms with van der Waals surface area (Å²) >= 11 is 0. The first kappa shape index (κ1) is 18.2. The third-order valence-electron chi connectivity index (χ3n) is 3.67. The van der Waals surface area contributed by atoms with Gasteiger partial charge in [0.1, 0.15) is 6.61 Å². The minimum atomic E-state index is -4.44. The molecule has 0 aliphatic rings. The Balaban J connectivity index is 1.90. The summed E-state index contributed by atoms with van der Waals surface area (Å²) in [6, 6.07) is 10.1. The van der Waals surface area contributed by atoms with Crippen LogP contribution in [0.5, 0.6) is 6.01 Å². The van der Waals surface area contributed by atoms with Gasteiger partial charge in [-0.25, -0.2) is 9.97 Å². The van der Waals surface area contributed by atoms with Crippen LogP contribution in [0.1, 0.15) is 25.0 Å². The lowest BCUT2D eigenvalue weighted by Gasteiger charge is -2.27. The molecule has 1 heterocycles. The second-order valence-electron chi connectivity index (χ2n) is 5.46. The fraction of sp³-hybridized carbons (Fsp3) is 0.412. The van der Waals surface area contributed by atoms with Crippen LogP contribution in [0.25, 0.3) is 0 Å². The predicted octanol–water partition coefficient (Wildman–Crippen LogP) is 3.78. The van der Waals surface area contributed by atoms with Gasteiger partial charge in [-0.05, 0) is 19.0 Å². The van der Waals surface area contributed by atoms with Gasteiger partial charge in [0.25, 0.3) is 0 Å². The van der Waals surface area contributed by atoms with Crippen molar-refractivity contribution in [3.05, 3.63) is 53.9 Å². The molecule has 0 saturated carbocycles. The van der Waals surface area contributed by atoms with Crippen LogP contribution in [-0.4, -0.2) is 34.1 Å². The summed E-state index contributed by atoms with van der Waals surface area (Å²) < 4.78 is 42.8. The minimum Gasteiger partial charge on any atom is -0.462 e. The first-order valence-electron chi connectivity index (χ1n) is 7.70. The summed E-state index contributed by atoms with van der Waals surface area (Å²) in [6.45, 7) is 5.94. The summed E-state index contributed by atoms with van der Waals surface area (Å²) in [5.74, 6) is 0. The first-order valence-corrected chi connectivity index (χ1v) is 7.70. The van der Waals surface area contributed by atoms with Crippen LogP contribution in [0.2, 0.25) is 0 Å². The Morgan fingerprint density at radius 1 is 1.12 bits per heavy atom. The molecule has 0 aliphatic carbocycles. The Hall–Kier alpha value is -2.15. The molecule has 0 radical (unpaired) electrons. The van der Waals surface area contributed by atoms with Gasteiger partial charge in [0.15, 0.2) is 0 Å². The summed E-state index contributed by atoms with van der Waals surface area (Å²) in [7, 11) is 0. The molecule has 0 fully saturated rings. The number of aromatic nitrogens is 2. The summed E-state index contributed by atoms with van der Waals surface area (Å²) in [4.78, 5) is 9.44. The number of hydrogen-bond donors (Lipinski definition) is 0. The van der Waals surface area contributed by atoms with Crippen molar-refractivity contribution in [2.45, 2.75) is 32.6 Å². The standard InChI is InChI=1S/C17H20F3N3O/c1-3-23(11-14-7-5-4-6-8-14)13(2)12-24-16-21-9-15(10-22-16)17(18,19)20/h4-10,13H,3,11-12H2,1-2H3/t13-/m0/s1. The molecule has 7 heteroatoms. The average molecular weight is 339 g/mol. The van der Waals surface area contributed by atoms with Gasteiger partial charge in [0, 0.05) is 25.0 Å². The number of nitrogens with zero attached hydrogens (tertiary/aromatic N) is 3. The van der Waals surface area contributed by atoms with Gasteiger partial charge in [-0.3, -0.25) is 4.90 Å². The van der Waals surface area contributed by atoms with Crippen molar-refractivity contribution in [2.75, 3.05) is 13.2 Å². The first-order chi connectivity index (χ1) is 11.4. The highest BCUT2D eigenvalue weighted by molar-refractivity contribution is 5.14. The van der Waals surface area contributed by atoms with Crippen molar-refractivity contribution in [3.8, 4) is 6.01 Å². The molecule has 0 amide bonds. The topological polar surface area (TPSA) is 38.2 Å². The van der Waals surface area contributed by atoms with E-state index in [0.29, 0.717) is 6.61 Å². The second-order valence-corrected chi connectivity index (χ2v) is 5.46. The van der Waals surface area contributed by atoms with E-state index in [0.717, 1.165) is 25.5 Å². The van der Waals surface area contributed by atoms with Crippen molar-refractivity contribution < 1.29 is 17.9 Å². The summed E-state index contributed by atoms with van der Waals surface area (Å²) in [5.41, 5.74) is 0.305. The van der Waals surface area contributed by atoms with E-state index >= 15 is 0 Å². The highest BCUT2D eigenvalue weighted by Crippen LogP contribution is 2.28. The van der Waals surface area contributed by atoms with Gasteiger partial charge in [-0.2, -0.15) is 13.2 Å². The van der Waals surface area contributed by atoms with E-state index in [2.05, 4.69) is 27.0 Å². The Morgan fingerprint density at radius 3 is 2.29 bits per heavy atom. The second kappa shape index (κ2) is 8.10. The van der Waals surface area contributed by atoms with Gasteiger partial charge in [0.05, 0.1) is 5.56 Å². The largest absolute Gasteiger partial charge is 0.462 e. The average Bonchev–Trinajstić information content (AvgIpc) is 2.58. The predicted molar refractivity (Wildman–Crippen MR) is 84.5 cm³/mol. The lowest BCUT2D eigenvalue weighted by atomic mass is 10.2. The zero-order chi connectivity index (χ0) is 17.6. The molecular weight excluding hydrogens is 319 g/mol. The van der Waals surface area contributed by atoms with Crippen molar-refractivity contribution in [1.29, 1.82) is 0 Å². The number of likely N-dealkylation sites (N-methyl/N-ethyl adjacent to an activating group) is 1. The number of ether oxygens (including phenoxy) is 1. The van der Waals surface area contributed by atoms with E-state index < -0.39 is 11.7 Å². The Bertz CT molecular complexity index is 617. The van der Waals surface area contributed by atoms with Gasteiger partial charge in [-0.15, -0.1) is 0 Å². The molecule has 1 atom stereocenters. The van der Waals surface area contributed by atoms with Gasteiger partial charge in [-0.1, -0.05) is 37.3 Å². The molecule has 0 saturated heterocycles. The molecule has 0 N–H and O–H groups in total. The van der Waals surface area contributed by atoms with Crippen LogP contribution in [0, 0.1) is 0 Å². The normalized spacial score (nSPS) is 13.1. The molecule has 2 rings (SSSR count). The number of benzene rings is 1. The molecule has 0 spiro atoms. The summed E-state index contributed by atoms with van der Waals surface area (Å²) in [6.07, 6.45) is -2.98. The van der Waals surface area contributed by atoms with Crippen molar-refractivity contribution in [3.63, 3.8) is 0 Å². The quantitative estimate of drug-likeness (QED) is 0.769. The molecule has 2 aromatic rings. The summed E-state index contributed by atoms with van der Waals surface area (Å²) in [5, 5.41) is 0. The molecule has 0 aliphatic heterocycles. The number of rotatable bonds is 7. The highest BCUT2D eigenvalue weighted by atomic mass is 19.4. The minimum absolute atomic E-state index is 0.0504. The molecule has 24 heavy (non-hydrogen) atoms. The third kappa shape index (κ3) is 5.19. The van der Waals surface area contributed by atoms with Crippen molar-refractivity contribution in [2.24, 2.45) is 0 Å². The van der Waals surface area contributed by atoms with E-state index in [-0.39, 0.29) is 12.1 Å². The molecule has 130 valence electrons. The Morgan fingerprint density at radius 2 is 1.75 bits per heavy atom. The maximum Gasteiger partial charge on any atom is 0.419 e. The molecule has 1 aromatic heterocycles. The van der Waals surface area contributed by atoms with E-state index in [1.807, 2.05) is 32.0 Å². The molecule has 4 nitrogen and oxygen atoms in total. The van der Waals surface area contributed by atoms with Crippen LogP contribution < -0.4 is 4.74 Å². The lowest BCUT2D eigenvalue weighted by Crippen LogP contribution is -2.36. The van der Waals surface area contributed by atoms with Crippen LogP contribution in [0.3, 0.4) is 0 Å². The molecular formula is C17H20F3N3O. The zero-order valence-electron chi connectivity index (χ0n) is 13.6. The van der Waals surface area contributed by atoms with Gasteiger partial charge >= 0.3 is 12.2 Å². The number of alkyl halides is 3. The van der Waals surface area contributed by atoms with Crippen LogP contribution in [0.4, 0.5) is 13.2 Å². The Kier molecular flexibility index (Phi) is 6.14.